The molecule has 0 aliphatic carbocycles. The number of carbonyl (C=O) groups excluding carboxylic acids is 1. The second kappa shape index (κ2) is 8.16. The van der Waals surface area contributed by atoms with Gasteiger partial charge in [-0.25, -0.2) is 17.5 Å². The molecule has 0 unspecified atom stereocenters. The zero-order chi connectivity index (χ0) is 20.2. The number of hydrogen-bond donors (Lipinski definition) is 3. The molecule has 0 radical (unpaired) electrons. The van der Waals surface area contributed by atoms with E-state index in [0.717, 1.165) is 11.6 Å². The highest BCUT2D eigenvalue weighted by atomic mass is 32.2. The summed E-state index contributed by atoms with van der Waals surface area (Å²) in [6, 6.07) is 11.7. The first-order valence-electron chi connectivity index (χ1n) is 8.42. The van der Waals surface area contributed by atoms with Gasteiger partial charge in [0.25, 0.3) is 0 Å². The summed E-state index contributed by atoms with van der Waals surface area (Å²) in [6.07, 6.45) is 0.302. The summed E-state index contributed by atoms with van der Waals surface area (Å²) in [6.45, 7) is 5.05. The molecule has 0 aromatic heterocycles. The van der Waals surface area contributed by atoms with Crippen LogP contribution < -0.4 is 15.8 Å². The first kappa shape index (κ1) is 21.0. The molecule has 0 heterocycles. The van der Waals surface area contributed by atoms with Crippen molar-refractivity contribution in [1.82, 2.24) is 4.72 Å². The number of benzene rings is 2. The lowest BCUT2D eigenvalue weighted by molar-refractivity contribution is -0.117. The Balaban J connectivity index is 2.10. The SMILES string of the molecule is CC(C)(C)NS(=O)(=O)c1ccc(NC(=O)[C@@H](N)Cc2ccccc2)c(F)c1. The van der Waals surface area contributed by atoms with Gasteiger partial charge in [-0.1, -0.05) is 30.3 Å². The van der Waals surface area contributed by atoms with Gasteiger partial charge in [-0.3, -0.25) is 4.79 Å². The van der Waals surface area contributed by atoms with E-state index in [-0.39, 0.29) is 10.6 Å². The summed E-state index contributed by atoms with van der Waals surface area (Å²) in [7, 11) is -3.87. The summed E-state index contributed by atoms with van der Waals surface area (Å²) in [4.78, 5) is 12.0. The highest BCUT2D eigenvalue weighted by molar-refractivity contribution is 7.89. The van der Waals surface area contributed by atoms with Crippen LogP contribution in [0.3, 0.4) is 0 Å². The number of carbonyl (C=O) groups is 1. The molecule has 27 heavy (non-hydrogen) atoms. The number of sulfonamides is 1. The van der Waals surface area contributed by atoms with Crippen LogP contribution in [0.25, 0.3) is 0 Å². The lowest BCUT2D eigenvalue weighted by atomic mass is 10.1. The van der Waals surface area contributed by atoms with Gasteiger partial charge in [0.05, 0.1) is 16.6 Å². The monoisotopic (exact) mass is 393 g/mol. The minimum atomic E-state index is -3.87. The fourth-order valence-electron chi connectivity index (χ4n) is 2.41. The molecule has 0 aliphatic heterocycles. The smallest absolute Gasteiger partial charge is 0.241 e. The zero-order valence-electron chi connectivity index (χ0n) is 15.5. The Labute approximate surface area is 159 Å². The summed E-state index contributed by atoms with van der Waals surface area (Å²) >= 11 is 0. The van der Waals surface area contributed by atoms with Gasteiger partial charge in [0.15, 0.2) is 0 Å². The number of rotatable bonds is 6. The molecule has 6 nitrogen and oxygen atoms in total. The van der Waals surface area contributed by atoms with E-state index in [4.69, 9.17) is 5.73 Å². The summed E-state index contributed by atoms with van der Waals surface area (Å²) in [5.74, 6) is -1.41. The van der Waals surface area contributed by atoms with E-state index in [0.29, 0.717) is 6.42 Å². The average Bonchev–Trinajstić information content (AvgIpc) is 2.55. The Morgan fingerprint density at radius 3 is 2.33 bits per heavy atom. The molecule has 0 saturated heterocycles. The predicted molar refractivity (Wildman–Crippen MR) is 103 cm³/mol. The molecule has 0 aliphatic rings. The molecule has 8 heteroatoms. The minimum Gasteiger partial charge on any atom is -0.322 e. The third-order valence-electron chi connectivity index (χ3n) is 3.58. The van der Waals surface area contributed by atoms with Crippen LogP contribution >= 0.6 is 0 Å². The Kier molecular flexibility index (Phi) is 6.35. The van der Waals surface area contributed by atoms with E-state index >= 15 is 0 Å². The maximum absolute atomic E-state index is 14.3. The van der Waals surface area contributed by atoms with Crippen molar-refractivity contribution in [2.75, 3.05) is 5.32 Å². The summed E-state index contributed by atoms with van der Waals surface area (Å²) in [5.41, 5.74) is 5.93. The van der Waals surface area contributed by atoms with Crippen LogP contribution in [0.5, 0.6) is 0 Å². The summed E-state index contributed by atoms with van der Waals surface area (Å²) < 4.78 is 41.3. The molecular formula is C19H24FN3O3S. The van der Waals surface area contributed by atoms with Crippen molar-refractivity contribution in [1.29, 1.82) is 0 Å². The molecule has 1 amide bonds. The van der Waals surface area contributed by atoms with Crippen molar-refractivity contribution in [3.05, 3.63) is 59.9 Å². The van der Waals surface area contributed by atoms with E-state index in [9.17, 15) is 17.6 Å². The molecular weight excluding hydrogens is 369 g/mol. The standard InChI is InChI=1S/C19H24FN3O3S/c1-19(2,3)23-27(25,26)14-9-10-17(15(20)12-14)22-18(24)16(21)11-13-7-5-4-6-8-13/h4-10,12,16,23H,11,21H2,1-3H3,(H,22,24)/t16-/m0/s1. The van der Waals surface area contributed by atoms with E-state index in [1.54, 1.807) is 20.8 Å². The van der Waals surface area contributed by atoms with Crippen molar-refractivity contribution < 1.29 is 17.6 Å². The quantitative estimate of drug-likeness (QED) is 0.701. The molecule has 0 bridgehead atoms. The van der Waals surface area contributed by atoms with Crippen LogP contribution in [0.4, 0.5) is 10.1 Å². The lowest BCUT2D eigenvalue weighted by Crippen LogP contribution is -2.40. The molecule has 146 valence electrons. The topological polar surface area (TPSA) is 101 Å². The number of amides is 1. The van der Waals surface area contributed by atoms with Crippen LogP contribution in [0.2, 0.25) is 0 Å². The van der Waals surface area contributed by atoms with Gasteiger partial charge in [0.2, 0.25) is 15.9 Å². The number of halogens is 1. The van der Waals surface area contributed by atoms with Gasteiger partial charge in [-0.05, 0) is 51.0 Å². The molecule has 2 aromatic carbocycles. The summed E-state index contributed by atoms with van der Waals surface area (Å²) in [5, 5.41) is 2.40. The average molecular weight is 393 g/mol. The van der Waals surface area contributed by atoms with Crippen molar-refractivity contribution in [2.24, 2.45) is 5.73 Å². The maximum Gasteiger partial charge on any atom is 0.241 e. The van der Waals surface area contributed by atoms with Gasteiger partial charge in [-0.15, -0.1) is 0 Å². The molecule has 0 spiro atoms. The molecule has 1 atom stereocenters. The highest BCUT2D eigenvalue weighted by Gasteiger charge is 2.23. The Bertz CT molecular complexity index is 910. The minimum absolute atomic E-state index is 0.127. The first-order chi connectivity index (χ1) is 12.5. The van der Waals surface area contributed by atoms with Crippen LogP contribution in [0, 0.1) is 5.82 Å². The zero-order valence-corrected chi connectivity index (χ0v) is 16.3. The third-order valence-corrected chi connectivity index (χ3v) is 5.34. The van der Waals surface area contributed by atoms with Crippen molar-refractivity contribution in [3.63, 3.8) is 0 Å². The Morgan fingerprint density at radius 2 is 1.78 bits per heavy atom. The molecule has 2 aromatic rings. The molecule has 0 saturated carbocycles. The Hall–Kier alpha value is -2.29. The molecule has 2 rings (SSSR count). The van der Waals surface area contributed by atoms with E-state index in [1.807, 2.05) is 30.3 Å². The van der Waals surface area contributed by atoms with Gasteiger partial charge >= 0.3 is 0 Å². The largest absolute Gasteiger partial charge is 0.322 e. The second-order valence-electron chi connectivity index (χ2n) is 7.28. The van der Waals surface area contributed by atoms with Crippen molar-refractivity contribution in [3.8, 4) is 0 Å². The van der Waals surface area contributed by atoms with E-state index in [2.05, 4.69) is 10.0 Å². The number of hydrogen-bond acceptors (Lipinski definition) is 4. The first-order valence-corrected chi connectivity index (χ1v) is 9.90. The van der Waals surface area contributed by atoms with Gasteiger partial charge < -0.3 is 11.1 Å². The highest BCUT2D eigenvalue weighted by Crippen LogP contribution is 2.20. The Morgan fingerprint density at radius 1 is 1.15 bits per heavy atom. The predicted octanol–water partition coefficient (Wildman–Crippen LogP) is 2.41. The molecule has 4 N–H and O–H groups in total. The van der Waals surface area contributed by atoms with Gasteiger partial charge in [-0.2, -0.15) is 0 Å². The number of nitrogens with one attached hydrogen (secondary N) is 2. The van der Waals surface area contributed by atoms with E-state index < -0.39 is 33.3 Å². The number of anilines is 1. The number of nitrogens with two attached hydrogens (primary N) is 1. The van der Waals surface area contributed by atoms with Crippen LogP contribution in [-0.2, 0) is 21.2 Å². The third kappa shape index (κ3) is 6.13. The molecule has 0 fully saturated rings. The maximum atomic E-state index is 14.3. The van der Waals surface area contributed by atoms with Crippen molar-refractivity contribution >= 4 is 21.6 Å². The lowest BCUT2D eigenvalue weighted by Gasteiger charge is -2.20. The van der Waals surface area contributed by atoms with Crippen LogP contribution in [0.15, 0.2) is 53.4 Å². The fourth-order valence-corrected chi connectivity index (χ4v) is 3.84. The van der Waals surface area contributed by atoms with Crippen LogP contribution in [0.1, 0.15) is 26.3 Å². The second-order valence-corrected chi connectivity index (χ2v) is 8.97. The van der Waals surface area contributed by atoms with Gasteiger partial charge in [0.1, 0.15) is 5.82 Å². The fraction of sp³-hybridized carbons (Fsp3) is 0.316. The van der Waals surface area contributed by atoms with Gasteiger partial charge in [0, 0.05) is 5.54 Å². The van der Waals surface area contributed by atoms with E-state index in [1.165, 1.54) is 12.1 Å². The van der Waals surface area contributed by atoms with Crippen molar-refractivity contribution in [2.45, 2.75) is 43.7 Å². The normalized spacial score (nSPS) is 13.2. The van der Waals surface area contributed by atoms with Crippen LogP contribution in [-0.4, -0.2) is 25.9 Å².